The lowest BCUT2D eigenvalue weighted by Crippen LogP contribution is -2.38. The van der Waals surface area contributed by atoms with Crippen molar-refractivity contribution in [3.05, 3.63) is 88.7 Å². The van der Waals surface area contributed by atoms with Crippen LogP contribution in [0.15, 0.2) is 65.8 Å². The Kier molecular flexibility index (Phi) is 7.63. The number of hydrogen-bond acceptors (Lipinski definition) is 6. The number of hydrogen-bond donors (Lipinski definition) is 2. The number of ether oxygens (including phenoxy) is 1. The number of carbonyl (C=O) groups is 1. The van der Waals surface area contributed by atoms with E-state index in [0.29, 0.717) is 23.7 Å². The molecule has 1 aromatic heterocycles. The van der Waals surface area contributed by atoms with Crippen LogP contribution in [0.3, 0.4) is 0 Å². The third-order valence-electron chi connectivity index (χ3n) is 5.79. The van der Waals surface area contributed by atoms with Gasteiger partial charge in [0.25, 0.3) is 15.9 Å². The second kappa shape index (κ2) is 10.7. The average Bonchev–Trinajstić information content (AvgIpc) is 2.85. The van der Waals surface area contributed by atoms with Gasteiger partial charge in [-0.05, 0) is 48.7 Å². The summed E-state index contributed by atoms with van der Waals surface area (Å²) in [5, 5.41) is 3.90. The minimum absolute atomic E-state index is 0.0328. The number of carbonyl (C=O) groups excluding carboxylic acids is 1. The summed E-state index contributed by atoms with van der Waals surface area (Å²) in [6.45, 7) is 1.51. The van der Waals surface area contributed by atoms with Gasteiger partial charge in [-0.2, -0.15) is 0 Å². The molecule has 1 aliphatic rings. The largest absolute Gasteiger partial charge is 0.490 e. The Morgan fingerprint density at radius 2 is 1.94 bits per heavy atom. The van der Waals surface area contributed by atoms with Crippen molar-refractivity contribution in [3.63, 3.8) is 0 Å². The third kappa shape index (κ3) is 5.95. The van der Waals surface area contributed by atoms with Gasteiger partial charge in [-0.25, -0.2) is 21.9 Å². The molecule has 11 heteroatoms. The Bertz CT molecular complexity index is 1310. The summed E-state index contributed by atoms with van der Waals surface area (Å²) in [4.78, 5) is 14.9. The van der Waals surface area contributed by atoms with Gasteiger partial charge in [0.1, 0.15) is 10.7 Å². The number of rotatable bonds is 7. The van der Waals surface area contributed by atoms with Gasteiger partial charge in [0.2, 0.25) is 0 Å². The molecule has 1 amide bonds. The number of aromatic nitrogens is 1. The van der Waals surface area contributed by atoms with Crippen LogP contribution in [-0.4, -0.2) is 39.0 Å². The van der Waals surface area contributed by atoms with E-state index < -0.39 is 38.2 Å². The highest BCUT2D eigenvalue weighted by atomic mass is 35.5. The van der Waals surface area contributed by atoms with Gasteiger partial charge in [-0.1, -0.05) is 23.7 Å². The minimum Gasteiger partial charge on any atom is -0.490 e. The van der Waals surface area contributed by atoms with Crippen LogP contribution in [0.2, 0.25) is 5.02 Å². The maximum atomic E-state index is 14.7. The van der Waals surface area contributed by atoms with Crippen molar-refractivity contribution >= 4 is 27.5 Å². The van der Waals surface area contributed by atoms with Crippen molar-refractivity contribution in [1.82, 2.24) is 15.0 Å². The summed E-state index contributed by atoms with van der Waals surface area (Å²) in [5.74, 6) is -3.65. The van der Waals surface area contributed by atoms with Gasteiger partial charge in [-0.15, -0.1) is 0 Å². The van der Waals surface area contributed by atoms with Gasteiger partial charge in [-0.3, -0.25) is 9.78 Å². The van der Waals surface area contributed by atoms with E-state index in [1.54, 1.807) is 16.9 Å². The van der Waals surface area contributed by atoms with Crippen LogP contribution in [0.5, 0.6) is 5.75 Å². The van der Waals surface area contributed by atoms with Crippen molar-refractivity contribution < 1.29 is 26.7 Å². The number of benzene rings is 2. The number of sulfonamides is 1. The molecular weight excluding hydrogens is 500 g/mol. The lowest BCUT2D eigenvalue weighted by molar-refractivity contribution is 0.0981. The standard InChI is InChI=1S/C24H22ClF2N3O4S/c25-18-5-3-15(4-6-18)19-7-9-29-13-17(19)14-34-22-10-21(27)23(11-20(22)26)35(32,33)30-24(31)16-2-1-8-28-12-16/h1-6,8,10-12,17,19,29H,7,9,13-14H2,(H,30,31)/t17-,19-/m0/s1. The molecule has 0 unspecified atom stereocenters. The minimum atomic E-state index is -4.68. The normalized spacial score (nSPS) is 18.1. The first-order valence-corrected chi connectivity index (χ1v) is 12.7. The molecule has 184 valence electrons. The fourth-order valence-electron chi connectivity index (χ4n) is 4.00. The number of amides is 1. The molecule has 0 aliphatic carbocycles. The van der Waals surface area contributed by atoms with E-state index in [1.807, 2.05) is 12.1 Å². The second-order valence-electron chi connectivity index (χ2n) is 8.11. The molecule has 35 heavy (non-hydrogen) atoms. The van der Waals surface area contributed by atoms with Crippen molar-refractivity contribution in [2.75, 3.05) is 19.7 Å². The van der Waals surface area contributed by atoms with E-state index in [2.05, 4.69) is 10.3 Å². The van der Waals surface area contributed by atoms with Gasteiger partial charge in [0.15, 0.2) is 11.6 Å². The molecule has 2 heterocycles. The van der Waals surface area contributed by atoms with Crippen LogP contribution in [0.1, 0.15) is 28.3 Å². The van der Waals surface area contributed by atoms with Crippen LogP contribution >= 0.6 is 11.6 Å². The quantitative estimate of drug-likeness (QED) is 0.489. The molecule has 3 aromatic rings. The first-order chi connectivity index (χ1) is 16.7. The Labute approximate surface area is 206 Å². The van der Waals surface area contributed by atoms with Crippen LogP contribution in [0.25, 0.3) is 0 Å². The third-order valence-corrected chi connectivity index (χ3v) is 7.38. The van der Waals surface area contributed by atoms with Crippen LogP contribution < -0.4 is 14.8 Å². The molecule has 2 aromatic carbocycles. The maximum Gasteiger partial charge on any atom is 0.267 e. The predicted molar refractivity (Wildman–Crippen MR) is 126 cm³/mol. The number of halogens is 3. The molecule has 7 nitrogen and oxygen atoms in total. The smallest absolute Gasteiger partial charge is 0.267 e. The summed E-state index contributed by atoms with van der Waals surface area (Å²) in [6.07, 6.45) is 3.39. The molecular formula is C24H22ClF2N3O4S. The van der Waals surface area contributed by atoms with Gasteiger partial charge in [0, 0.05) is 42.0 Å². The number of nitrogens with zero attached hydrogens (tertiary/aromatic N) is 1. The number of pyridine rings is 1. The van der Waals surface area contributed by atoms with E-state index in [0.717, 1.165) is 24.7 Å². The van der Waals surface area contributed by atoms with Crippen LogP contribution in [0, 0.1) is 17.6 Å². The van der Waals surface area contributed by atoms with Gasteiger partial charge in [0.05, 0.1) is 12.2 Å². The van der Waals surface area contributed by atoms with Crippen LogP contribution in [-0.2, 0) is 10.0 Å². The second-order valence-corrected chi connectivity index (χ2v) is 10.2. The zero-order valence-corrected chi connectivity index (χ0v) is 20.0. The highest BCUT2D eigenvalue weighted by molar-refractivity contribution is 7.90. The molecule has 2 N–H and O–H groups in total. The van der Waals surface area contributed by atoms with E-state index in [-0.39, 0.29) is 24.0 Å². The zero-order chi connectivity index (χ0) is 25.0. The summed E-state index contributed by atoms with van der Waals surface area (Å²) < 4.78 is 61.8. The molecule has 1 aliphatic heterocycles. The molecule has 1 fully saturated rings. The Morgan fingerprint density at radius 3 is 2.66 bits per heavy atom. The summed E-state index contributed by atoms with van der Waals surface area (Å²) in [5.41, 5.74) is 1.02. The van der Waals surface area contributed by atoms with Crippen molar-refractivity contribution in [2.24, 2.45) is 5.92 Å². The first kappa shape index (κ1) is 25.0. The van der Waals surface area contributed by atoms with E-state index >= 15 is 0 Å². The zero-order valence-electron chi connectivity index (χ0n) is 18.4. The Hall–Kier alpha value is -3.08. The van der Waals surface area contributed by atoms with E-state index in [1.165, 1.54) is 18.3 Å². The molecule has 2 atom stereocenters. The van der Waals surface area contributed by atoms with Crippen molar-refractivity contribution in [3.8, 4) is 5.75 Å². The Morgan fingerprint density at radius 1 is 1.17 bits per heavy atom. The number of nitrogens with one attached hydrogen (secondary N) is 2. The van der Waals surface area contributed by atoms with E-state index in [9.17, 15) is 22.0 Å². The monoisotopic (exact) mass is 521 g/mol. The summed E-state index contributed by atoms with van der Waals surface area (Å²) in [7, 11) is -4.68. The predicted octanol–water partition coefficient (Wildman–Crippen LogP) is 3.90. The molecule has 0 saturated carbocycles. The highest BCUT2D eigenvalue weighted by Gasteiger charge is 2.29. The van der Waals surface area contributed by atoms with Crippen molar-refractivity contribution in [2.45, 2.75) is 17.2 Å². The SMILES string of the molecule is O=C(NS(=O)(=O)c1cc(F)c(OC[C@@H]2CNCC[C@H]2c2ccc(Cl)cc2)cc1F)c1cccnc1. The van der Waals surface area contributed by atoms with Gasteiger partial charge >= 0.3 is 0 Å². The lowest BCUT2D eigenvalue weighted by atomic mass is 9.81. The molecule has 0 spiro atoms. The maximum absolute atomic E-state index is 14.7. The Balaban J connectivity index is 1.48. The van der Waals surface area contributed by atoms with E-state index in [4.69, 9.17) is 16.3 Å². The topological polar surface area (TPSA) is 97.4 Å². The highest BCUT2D eigenvalue weighted by Crippen LogP contribution is 2.32. The molecule has 1 saturated heterocycles. The molecule has 4 rings (SSSR count). The molecule has 0 bridgehead atoms. The van der Waals surface area contributed by atoms with Crippen molar-refractivity contribution in [1.29, 1.82) is 0 Å². The number of piperidine rings is 1. The lowest BCUT2D eigenvalue weighted by Gasteiger charge is -2.32. The fourth-order valence-corrected chi connectivity index (χ4v) is 5.18. The first-order valence-electron chi connectivity index (χ1n) is 10.8. The summed E-state index contributed by atoms with van der Waals surface area (Å²) in [6, 6.07) is 11.4. The summed E-state index contributed by atoms with van der Waals surface area (Å²) >= 11 is 5.98. The fraction of sp³-hybridized carbons (Fsp3) is 0.250. The van der Waals surface area contributed by atoms with Gasteiger partial charge < -0.3 is 10.1 Å². The van der Waals surface area contributed by atoms with Crippen LogP contribution in [0.4, 0.5) is 8.78 Å². The molecule has 0 radical (unpaired) electrons. The average molecular weight is 522 g/mol.